The molecule has 0 unspecified atom stereocenters. The zero-order chi connectivity index (χ0) is 10.7. The summed E-state index contributed by atoms with van der Waals surface area (Å²) in [5.74, 6) is 0. The maximum Gasteiger partial charge on any atom is 0.0897 e. The second kappa shape index (κ2) is 4.83. The van der Waals surface area contributed by atoms with Crippen LogP contribution in [0.1, 0.15) is 20.6 Å². The molecule has 2 aromatic rings. The number of aryl methyl sites for hydroxylation is 2. The number of hydrogen-bond acceptors (Lipinski definition) is 5. The standard InChI is InChI=1S/C10H13N3S2/c1-7-12-5-10(15-7)4-11-3-9-6-14-8(2)13-9/h5-6,11H,3-4H2,1-2H3. The second-order valence-corrected chi connectivity index (χ2v) is 5.69. The summed E-state index contributed by atoms with van der Waals surface area (Å²) in [6.45, 7) is 5.77. The third-order valence-electron chi connectivity index (χ3n) is 1.94. The van der Waals surface area contributed by atoms with Crippen LogP contribution in [-0.4, -0.2) is 9.97 Å². The minimum absolute atomic E-state index is 0.835. The molecule has 1 N–H and O–H groups in total. The summed E-state index contributed by atoms with van der Waals surface area (Å²) in [6, 6.07) is 0. The first-order valence-electron chi connectivity index (χ1n) is 4.77. The fourth-order valence-corrected chi connectivity index (χ4v) is 2.67. The van der Waals surface area contributed by atoms with Gasteiger partial charge in [0.2, 0.25) is 0 Å². The Morgan fingerprint density at radius 3 is 2.73 bits per heavy atom. The summed E-state index contributed by atoms with van der Waals surface area (Å²) in [5.41, 5.74) is 1.12. The quantitative estimate of drug-likeness (QED) is 0.891. The van der Waals surface area contributed by atoms with Crippen LogP contribution in [0.4, 0.5) is 0 Å². The van der Waals surface area contributed by atoms with Crippen LogP contribution in [0, 0.1) is 13.8 Å². The highest BCUT2D eigenvalue weighted by Crippen LogP contribution is 2.11. The highest BCUT2D eigenvalue weighted by Gasteiger charge is 2.00. The van der Waals surface area contributed by atoms with E-state index < -0.39 is 0 Å². The Hall–Kier alpha value is -0.780. The van der Waals surface area contributed by atoms with Crippen LogP contribution in [0.3, 0.4) is 0 Å². The molecule has 5 heteroatoms. The Balaban J connectivity index is 1.80. The van der Waals surface area contributed by atoms with E-state index in [2.05, 4.69) is 20.7 Å². The van der Waals surface area contributed by atoms with Gasteiger partial charge in [-0.05, 0) is 13.8 Å². The summed E-state index contributed by atoms with van der Waals surface area (Å²) in [4.78, 5) is 9.88. The lowest BCUT2D eigenvalue weighted by atomic mass is 10.4. The molecule has 0 aromatic carbocycles. The first kappa shape index (κ1) is 10.7. The molecule has 0 amide bonds. The van der Waals surface area contributed by atoms with Gasteiger partial charge in [-0.25, -0.2) is 9.97 Å². The van der Waals surface area contributed by atoms with Gasteiger partial charge in [0.1, 0.15) is 0 Å². The summed E-state index contributed by atoms with van der Waals surface area (Å²) in [6.07, 6.45) is 1.93. The molecule has 0 aliphatic carbocycles. The molecule has 0 aliphatic heterocycles. The van der Waals surface area contributed by atoms with E-state index in [1.807, 2.05) is 20.0 Å². The van der Waals surface area contributed by atoms with Crippen molar-refractivity contribution in [2.75, 3.05) is 0 Å². The van der Waals surface area contributed by atoms with E-state index in [1.165, 1.54) is 4.88 Å². The van der Waals surface area contributed by atoms with Crippen molar-refractivity contribution in [2.45, 2.75) is 26.9 Å². The van der Waals surface area contributed by atoms with Crippen LogP contribution in [0.5, 0.6) is 0 Å². The SMILES string of the molecule is Cc1nc(CNCc2cnc(C)s2)cs1. The van der Waals surface area contributed by atoms with Gasteiger partial charge >= 0.3 is 0 Å². The fraction of sp³-hybridized carbons (Fsp3) is 0.400. The third-order valence-corrected chi connectivity index (χ3v) is 3.68. The summed E-state index contributed by atoms with van der Waals surface area (Å²) < 4.78 is 0. The van der Waals surface area contributed by atoms with Gasteiger partial charge in [0.25, 0.3) is 0 Å². The minimum atomic E-state index is 0.835. The Kier molecular flexibility index (Phi) is 3.45. The summed E-state index contributed by atoms with van der Waals surface area (Å²) in [5, 5.41) is 7.70. The van der Waals surface area contributed by atoms with Crippen molar-refractivity contribution < 1.29 is 0 Å². The number of nitrogens with one attached hydrogen (secondary N) is 1. The van der Waals surface area contributed by atoms with E-state index in [9.17, 15) is 0 Å². The van der Waals surface area contributed by atoms with Gasteiger partial charge in [-0.2, -0.15) is 0 Å². The van der Waals surface area contributed by atoms with Crippen molar-refractivity contribution in [1.82, 2.24) is 15.3 Å². The van der Waals surface area contributed by atoms with E-state index in [1.54, 1.807) is 22.7 Å². The lowest BCUT2D eigenvalue weighted by Gasteiger charge is -1.98. The van der Waals surface area contributed by atoms with Gasteiger partial charge in [0.05, 0.1) is 15.7 Å². The molecule has 3 nitrogen and oxygen atoms in total. The average molecular weight is 239 g/mol. The number of thiazole rings is 2. The minimum Gasteiger partial charge on any atom is -0.306 e. The van der Waals surface area contributed by atoms with Crippen LogP contribution in [-0.2, 0) is 13.1 Å². The molecular weight excluding hydrogens is 226 g/mol. The predicted molar refractivity (Wildman–Crippen MR) is 64.2 cm³/mol. The highest BCUT2D eigenvalue weighted by atomic mass is 32.1. The first-order valence-corrected chi connectivity index (χ1v) is 6.46. The first-order chi connectivity index (χ1) is 7.24. The molecular formula is C10H13N3S2. The van der Waals surface area contributed by atoms with Crippen molar-refractivity contribution in [3.05, 3.63) is 32.2 Å². The molecule has 80 valence electrons. The van der Waals surface area contributed by atoms with Gasteiger partial charge in [-0.15, -0.1) is 22.7 Å². The van der Waals surface area contributed by atoms with E-state index in [0.717, 1.165) is 28.8 Å². The van der Waals surface area contributed by atoms with Crippen molar-refractivity contribution >= 4 is 22.7 Å². The Bertz CT molecular complexity index is 393. The number of aromatic nitrogens is 2. The molecule has 2 rings (SSSR count). The zero-order valence-corrected chi connectivity index (χ0v) is 10.4. The maximum atomic E-state index is 4.39. The molecule has 2 heterocycles. The topological polar surface area (TPSA) is 37.8 Å². The van der Waals surface area contributed by atoms with Gasteiger partial charge in [-0.3, -0.25) is 0 Å². The lowest BCUT2D eigenvalue weighted by Crippen LogP contribution is -2.11. The predicted octanol–water partition coefficient (Wildman–Crippen LogP) is 2.51. The maximum absolute atomic E-state index is 4.39. The normalized spacial score (nSPS) is 10.8. The molecule has 0 fully saturated rings. The van der Waals surface area contributed by atoms with Gasteiger partial charge in [0.15, 0.2) is 0 Å². The Morgan fingerprint density at radius 2 is 2.13 bits per heavy atom. The molecule has 15 heavy (non-hydrogen) atoms. The van der Waals surface area contributed by atoms with Crippen LogP contribution in [0.15, 0.2) is 11.6 Å². The third kappa shape index (κ3) is 3.09. The van der Waals surface area contributed by atoms with Crippen molar-refractivity contribution in [3.63, 3.8) is 0 Å². The van der Waals surface area contributed by atoms with Crippen LogP contribution < -0.4 is 5.32 Å². The van der Waals surface area contributed by atoms with E-state index >= 15 is 0 Å². The molecule has 0 saturated carbocycles. The van der Waals surface area contributed by atoms with E-state index in [-0.39, 0.29) is 0 Å². The fourth-order valence-electron chi connectivity index (χ4n) is 1.29. The molecule has 0 radical (unpaired) electrons. The second-order valence-electron chi connectivity index (χ2n) is 3.31. The molecule has 0 atom stereocenters. The summed E-state index contributed by atoms with van der Waals surface area (Å²) >= 11 is 3.43. The van der Waals surface area contributed by atoms with Crippen molar-refractivity contribution in [3.8, 4) is 0 Å². The molecule has 0 spiro atoms. The Morgan fingerprint density at radius 1 is 1.27 bits per heavy atom. The van der Waals surface area contributed by atoms with Crippen LogP contribution in [0.2, 0.25) is 0 Å². The van der Waals surface area contributed by atoms with E-state index in [4.69, 9.17) is 0 Å². The monoisotopic (exact) mass is 239 g/mol. The summed E-state index contributed by atoms with van der Waals surface area (Å²) in [7, 11) is 0. The van der Waals surface area contributed by atoms with Crippen molar-refractivity contribution in [2.24, 2.45) is 0 Å². The largest absolute Gasteiger partial charge is 0.306 e. The molecule has 0 aliphatic rings. The van der Waals surface area contributed by atoms with Crippen LogP contribution >= 0.6 is 22.7 Å². The molecule has 2 aromatic heterocycles. The average Bonchev–Trinajstić information content (AvgIpc) is 2.76. The van der Waals surface area contributed by atoms with Crippen molar-refractivity contribution in [1.29, 1.82) is 0 Å². The number of hydrogen-bond donors (Lipinski definition) is 1. The van der Waals surface area contributed by atoms with E-state index in [0.29, 0.717) is 0 Å². The highest BCUT2D eigenvalue weighted by molar-refractivity contribution is 7.11. The molecule has 0 saturated heterocycles. The van der Waals surface area contributed by atoms with Gasteiger partial charge < -0.3 is 5.32 Å². The van der Waals surface area contributed by atoms with Gasteiger partial charge in [0, 0.05) is 29.5 Å². The number of nitrogens with zero attached hydrogens (tertiary/aromatic N) is 2. The van der Waals surface area contributed by atoms with Gasteiger partial charge in [-0.1, -0.05) is 0 Å². The molecule has 0 bridgehead atoms. The zero-order valence-electron chi connectivity index (χ0n) is 8.78. The lowest BCUT2D eigenvalue weighted by molar-refractivity contribution is 0.688. The smallest absolute Gasteiger partial charge is 0.0897 e. The van der Waals surface area contributed by atoms with Crippen LogP contribution in [0.25, 0.3) is 0 Å². The Labute approximate surface area is 97.2 Å². The number of rotatable bonds is 4.